The summed E-state index contributed by atoms with van der Waals surface area (Å²) in [4.78, 5) is 2.15. The molecule has 1 aromatic carbocycles. The summed E-state index contributed by atoms with van der Waals surface area (Å²) in [6.45, 7) is 5.17. The van der Waals surface area contributed by atoms with Crippen molar-refractivity contribution in [1.29, 1.82) is 0 Å². The number of hydrogen-bond acceptors (Lipinski definition) is 2. The molecule has 0 saturated carbocycles. The Bertz CT molecular complexity index is 517. The third kappa shape index (κ3) is 3.01. The number of nitrogens with zero attached hydrogens (tertiary/aromatic N) is 1. The molecule has 1 aliphatic heterocycles. The van der Waals surface area contributed by atoms with E-state index in [9.17, 15) is 18.3 Å². The van der Waals surface area contributed by atoms with E-state index < -0.39 is 22.8 Å². The highest BCUT2D eigenvalue weighted by molar-refractivity contribution is 5.35. The average Bonchev–Trinajstić information content (AvgIpc) is 2.47. The molecule has 0 aromatic heterocycles. The third-order valence-electron chi connectivity index (χ3n) is 5.30. The van der Waals surface area contributed by atoms with E-state index in [1.165, 1.54) is 12.1 Å². The molecular formula is C17H24F3NO. The largest absolute Gasteiger partial charge is 0.416 e. The molecule has 0 spiro atoms. The van der Waals surface area contributed by atoms with Gasteiger partial charge in [-0.3, -0.25) is 0 Å². The van der Waals surface area contributed by atoms with Gasteiger partial charge in [0.15, 0.2) is 0 Å². The molecule has 1 unspecified atom stereocenters. The van der Waals surface area contributed by atoms with Gasteiger partial charge in [-0.05, 0) is 58.0 Å². The molecule has 1 N–H and O–H groups in total. The number of benzene rings is 1. The lowest BCUT2D eigenvalue weighted by Gasteiger charge is -2.50. The molecule has 5 heteroatoms. The first kappa shape index (κ1) is 17.3. The van der Waals surface area contributed by atoms with Crippen molar-refractivity contribution in [2.24, 2.45) is 0 Å². The summed E-state index contributed by atoms with van der Waals surface area (Å²) >= 11 is 0. The molecular weight excluding hydrogens is 291 g/mol. The number of hydrogen-bond donors (Lipinski definition) is 1. The Morgan fingerprint density at radius 1 is 1.23 bits per heavy atom. The molecule has 0 bridgehead atoms. The van der Waals surface area contributed by atoms with Crippen molar-refractivity contribution in [1.82, 2.24) is 4.90 Å². The van der Waals surface area contributed by atoms with Crippen molar-refractivity contribution in [2.45, 2.75) is 50.3 Å². The Labute approximate surface area is 129 Å². The quantitative estimate of drug-likeness (QED) is 0.916. The molecule has 1 saturated heterocycles. The Hall–Kier alpha value is -1.07. The van der Waals surface area contributed by atoms with Gasteiger partial charge in [-0.15, -0.1) is 0 Å². The van der Waals surface area contributed by atoms with Gasteiger partial charge in [0.25, 0.3) is 0 Å². The lowest BCUT2D eigenvalue weighted by atomic mass is 9.61. The fourth-order valence-electron chi connectivity index (χ4n) is 3.47. The van der Waals surface area contributed by atoms with Crippen LogP contribution in [0.2, 0.25) is 0 Å². The van der Waals surface area contributed by atoms with Crippen LogP contribution in [0.5, 0.6) is 0 Å². The van der Waals surface area contributed by atoms with Crippen LogP contribution in [0.1, 0.15) is 44.2 Å². The van der Waals surface area contributed by atoms with Gasteiger partial charge >= 0.3 is 6.18 Å². The van der Waals surface area contributed by atoms with Crippen molar-refractivity contribution in [3.05, 3.63) is 35.4 Å². The lowest BCUT2D eigenvalue weighted by molar-refractivity contribution is -0.137. The van der Waals surface area contributed by atoms with Crippen LogP contribution >= 0.6 is 0 Å². The molecule has 0 aliphatic carbocycles. The number of halogens is 3. The predicted octanol–water partition coefficient (Wildman–Crippen LogP) is 3.83. The van der Waals surface area contributed by atoms with Gasteiger partial charge in [0, 0.05) is 5.41 Å². The fraction of sp³-hybridized carbons (Fsp3) is 0.647. The molecule has 1 aliphatic rings. The van der Waals surface area contributed by atoms with E-state index in [4.69, 9.17) is 0 Å². The van der Waals surface area contributed by atoms with E-state index in [0.29, 0.717) is 24.8 Å². The minimum atomic E-state index is -4.36. The van der Waals surface area contributed by atoms with E-state index >= 15 is 0 Å². The van der Waals surface area contributed by atoms with Crippen LogP contribution in [0.3, 0.4) is 0 Å². The highest BCUT2D eigenvalue weighted by Gasteiger charge is 2.49. The van der Waals surface area contributed by atoms with Crippen molar-refractivity contribution >= 4 is 0 Å². The van der Waals surface area contributed by atoms with Gasteiger partial charge in [-0.1, -0.05) is 25.1 Å². The molecule has 22 heavy (non-hydrogen) atoms. The van der Waals surface area contributed by atoms with Crippen LogP contribution in [-0.4, -0.2) is 35.7 Å². The Morgan fingerprint density at radius 2 is 1.82 bits per heavy atom. The minimum Gasteiger partial charge on any atom is -0.389 e. The van der Waals surface area contributed by atoms with Crippen LogP contribution in [0.25, 0.3) is 0 Å². The second-order valence-corrected chi connectivity index (χ2v) is 6.59. The van der Waals surface area contributed by atoms with Crippen LogP contribution in [0.4, 0.5) is 13.2 Å². The summed E-state index contributed by atoms with van der Waals surface area (Å²) in [7, 11) is 2.00. The van der Waals surface area contributed by atoms with Crippen molar-refractivity contribution in [3.63, 3.8) is 0 Å². The zero-order valence-electron chi connectivity index (χ0n) is 13.4. The molecule has 0 radical (unpaired) electrons. The first-order valence-corrected chi connectivity index (χ1v) is 7.71. The summed E-state index contributed by atoms with van der Waals surface area (Å²) in [5.74, 6) is 0. The maximum atomic E-state index is 13.0. The van der Waals surface area contributed by atoms with Gasteiger partial charge in [0.05, 0.1) is 11.2 Å². The molecule has 1 aromatic rings. The van der Waals surface area contributed by atoms with Crippen LogP contribution in [0, 0.1) is 0 Å². The number of rotatable bonds is 3. The van der Waals surface area contributed by atoms with Crippen LogP contribution < -0.4 is 0 Å². The second-order valence-electron chi connectivity index (χ2n) is 6.59. The van der Waals surface area contributed by atoms with E-state index in [-0.39, 0.29) is 0 Å². The molecule has 2 nitrogen and oxygen atoms in total. The number of aliphatic hydroxyl groups is 1. The highest BCUT2D eigenvalue weighted by atomic mass is 19.4. The van der Waals surface area contributed by atoms with E-state index in [0.717, 1.165) is 19.2 Å². The smallest absolute Gasteiger partial charge is 0.389 e. The first-order chi connectivity index (χ1) is 10.1. The van der Waals surface area contributed by atoms with Gasteiger partial charge in [-0.2, -0.15) is 13.2 Å². The maximum absolute atomic E-state index is 13.0. The van der Waals surface area contributed by atoms with E-state index in [1.807, 2.05) is 14.0 Å². The fourth-order valence-corrected chi connectivity index (χ4v) is 3.47. The molecule has 124 valence electrons. The van der Waals surface area contributed by atoms with E-state index in [1.54, 1.807) is 13.0 Å². The van der Waals surface area contributed by atoms with E-state index in [2.05, 4.69) is 4.90 Å². The van der Waals surface area contributed by atoms with Crippen LogP contribution in [-0.2, 0) is 11.6 Å². The summed E-state index contributed by atoms with van der Waals surface area (Å²) in [6.07, 6.45) is -2.54. The van der Waals surface area contributed by atoms with Crippen molar-refractivity contribution < 1.29 is 18.3 Å². The average molecular weight is 315 g/mol. The normalized spacial score (nSPS) is 22.3. The topological polar surface area (TPSA) is 23.5 Å². The number of piperidine rings is 1. The third-order valence-corrected chi connectivity index (χ3v) is 5.30. The number of likely N-dealkylation sites (tertiary alicyclic amines) is 1. The number of alkyl halides is 3. The molecule has 0 amide bonds. The summed E-state index contributed by atoms with van der Waals surface area (Å²) in [5.41, 5.74) is -1.70. The summed E-state index contributed by atoms with van der Waals surface area (Å²) < 4.78 is 39.1. The molecule has 1 heterocycles. The zero-order chi connectivity index (χ0) is 16.6. The van der Waals surface area contributed by atoms with Crippen LogP contribution in [0.15, 0.2) is 24.3 Å². The van der Waals surface area contributed by atoms with Gasteiger partial charge in [0.1, 0.15) is 0 Å². The Kier molecular flexibility index (Phi) is 4.60. The monoisotopic (exact) mass is 315 g/mol. The van der Waals surface area contributed by atoms with Gasteiger partial charge in [0.2, 0.25) is 0 Å². The van der Waals surface area contributed by atoms with Gasteiger partial charge in [-0.25, -0.2) is 0 Å². The Balaban J connectivity index is 2.51. The predicted molar refractivity (Wildman–Crippen MR) is 80.8 cm³/mol. The minimum absolute atomic E-state index is 0.507. The maximum Gasteiger partial charge on any atom is 0.416 e. The van der Waals surface area contributed by atoms with Crippen molar-refractivity contribution in [2.75, 3.05) is 20.1 Å². The highest BCUT2D eigenvalue weighted by Crippen LogP contribution is 2.46. The zero-order valence-corrected chi connectivity index (χ0v) is 13.4. The Morgan fingerprint density at radius 3 is 2.32 bits per heavy atom. The SMILES string of the molecule is CCC(C)(O)C1(c2cccc(C(F)(F)F)c2)CCN(C)CC1. The molecule has 1 fully saturated rings. The molecule has 2 rings (SSSR count). The first-order valence-electron chi connectivity index (χ1n) is 7.71. The standard InChI is InChI=1S/C17H24F3NO/c1-4-15(2,22)16(8-10-21(3)11-9-16)13-6-5-7-14(12-13)17(18,19)20/h5-7,12,22H,4,8-11H2,1-3H3. The summed E-state index contributed by atoms with van der Waals surface area (Å²) in [6, 6.07) is 5.48. The second kappa shape index (κ2) is 5.85. The van der Waals surface area contributed by atoms with Crippen molar-refractivity contribution in [3.8, 4) is 0 Å². The lowest BCUT2D eigenvalue weighted by Crippen LogP contribution is -2.55. The van der Waals surface area contributed by atoms with Gasteiger partial charge < -0.3 is 10.0 Å². The molecule has 1 atom stereocenters. The summed E-state index contributed by atoms with van der Waals surface area (Å²) in [5, 5.41) is 10.9.